The summed E-state index contributed by atoms with van der Waals surface area (Å²) in [5, 5.41) is 12.5. The lowest BCUT2D eigenvalue weighted by atomic mass is 10.2. The molecule has 1 amide bonds. The predicted molar refractivity (Wildman–Crippen MR) is 57.2 cm³/mol. The van der Waals surface area contributed by atoms with E-state index >= 15 is 0 Å². The molecule has 1 aliphatic heterocycles. The van der Waals surface area contributed by atoms with Crippen molar-refractivity contribution in [3.05, 3.63) is 16.0 Å². The monoisotopic (exact) mass is 221 g/mol. The number of hydrogen-bond acceptors (Lipinski definition) is 5. The van der Waals surface area contributed by atoms with Crippen LogP contribution in [0.25, 0.3) is 0 Å². The lowest BCUT2D eigenvalue weighted by Crippen LogP contribution is -2.34. The highest BCUT2D eigenvalue weighted by Gasteiger charge is 2.22. The third kappa shape index (κ3) is 1.83. The van der Waals surface area contributed by atoms with Crippen molar-refractivity contribution >= 4 is 17.6 Å². The molecule has 2 rings (SSSR count). The molecule has 0 saturated carbocycles. The Labute approximate surface area is 91.2 Å². The van der Waals surface area contributed by atoms with E-state index in [1.807, 2.05) is 6.92 Å². The number of anilines is 1. The second kappa shape index (κ2) is 3.84. The molecule has 0 atom stereocenters. The number of nitrogens with zero attached hydrogens (tertiary/aromatic N) is 4. The summed E-state index contributed by atoms with van der Waals surface area (Å²) in [6.07, 6.45) is 1.01. The first-order valence-corrected chi connectivity index (χ1v) is 4.88. The first-order chi connectivity index (χ1) is 7.58. The van der Waals surface area contributed by atoms with Crippen LogP contribution in [0.2, 0.25) is 0 Å². The maximum Gasteiger partial charge on any atom is 0.274 e. The van der Waals surface area contributed by atoms with Crippen LogP contribution >= 0.6 is 0 Å². The van der Waals surface area contributed by atoms with E-state index in [0.717, 1.165) is 10.7 Å². The third-order valence-corrected chi connectivity index (χ3v) is 2.26. The van der Waals surface area contributed by atoms with Crippen molar-refractivity contribution < 1.29 is 4.79 Å². The number of H-pyrrole nitrogens is 1. The van der Waals surface area contributed by atoms with Crippen molar-refractivity contribution in [1.29, 1.82) is 0 Å². The molecule has 0 aliphatic carbocycles. The predicted octanol–water partition coefficient (Wildman–Crippen LogP) is -0.0240. The molecule has 1 aromatic rings. The number of carbonyl (C=O) groups is 1. The first-order valence-electron chi connectivity index (χ1n) is 4.88. The third-order valence-electron chi connectivity index (χ3n) is 2.26. The minimum absolute atomic E-state index is 0.0691. The molecule has 0 radical (unpaired) electrons. The average Bonchev–Trinajstić information content (AvgIpc) is 2.26. The van der Waals surface area contributed by atoms with Crippen LogP contribution in [-0.2, 0) is 4.79 Å². The Bertz CT molecular complexity index is 519. The Hall–Kier alpha value is -2.05. The summed E-state index contributed by atoms with van der Waals surface area (Å²) in [7, 11) is 0. The van der Waals surface area contributed by atoms with Crippen LogP contribution in [0.15, 0.2) is 9.90 Å². The smallest absolute Gasteiger partial charge is 0.274 e. The molecule has 1 aliphatic rings. The number of hydrazone groups is 1. The van der Waals surface area contributed by atoms with E-state index in [9.17, 15) is 9.59 Å². The fourth-order valence-corrected chi connectivity index (χ4v) is 1.32. The summed E-state index contributed by atoms with van der Waals surface area (Å²) in [4.78, 5) is 25.4. The van der Waals surface area contributed by atoms with Gasteiger partial charge in [-0.2, -0.15) is 10.1 Å². The lowest BCUT2D eigenvalue weighted by Gasteiger charge is -2.19. The zero-order chi connectivity index (χ0) is 11.7. The maximum absolute atomic E-state index is 11.6. The molecule has 0 unspecified atom stereocenters. The van der Waals surface area contributed by atoms with E-state index < -0.39 is 0 Å². The van der Waals surface area contributed by atoms with Crippen molar-refractivity contribution in [3.63, 3.8) is 0 Å². The fourth-order valence-electron chi connectivity index (χ4n) is 1.32. The number of carbonyl (C=O) groups excluding carboxylic acids is 1. The Balaban J connectivity index is 2.43. The average molecular weight is 221 g/mol. The highest BCUT2D eigenvalue weighted by atomic mass is 16.2. The van der Waals surface area contributed by atoms with Gasteiger partial charge in [-0.25, -0.2) is 0 Å². The standard InChI is InChI=1S/C9H11N5O2/c1-5-3-4-7(15)14(13-5)9-10-8(16)6(2)11-12-9/h3-4H2,1-2H3,(H,10,12,16). The summed E-state index contributed by atoms with van der Waals surface area (Å²) >= 11 is 0. The van der Waals surface area contributed by atoms with E-state index in [0.29, 0.717) is 12.8 Å². The second-order valence-electron chi connectivity index (χ2n) is 3.60. The minimum atomic E-state index is -0.365. The number of hydrogen-bond donors (Lipinski definition) is 1. The number of aryl methyl sites for hydroxylation is 1. The van der Waals surface area contributed by atoms with Gasteiger partial charge in [0.05, 0.1) is 0 Å². The van der Waals surface area contributed by atoms with Gasteiger partial charge in [0.1, 0.15) is 5.69 Å². The van der Waals surface area contributed by atoms with Crippen LogP contribution in [-0.4, -0.2) is 26.8 Å². The summed E-state index contributed by atoms with van der Waals surface area (Å²) in [5.74, 6) is -0.126. The van der Waals surface area contributed by atoms with Crippen LogP contribution in [0.3, 0.4) is 0 Å². The molecule has 0 bridgehead atoms. The summed E-state index contributed by atoms with van der Waals surface area (Å²) in [6.45, 7) is 3.36. The largest absolute Gasteiger partial charge is 0.288 e. The SMILES string of the molecule is CC1=NN(c2nnc(C)c(=O)[nH]2)C(=O)CC1. The van der Waals surface area contributed by atoms with Crippen LogP contribution in [0.5, 0.6) is 0 Å². The highest BCUT2D eigenvalue weighted by molar-refractivity contribution is 5.99. The molecule has 0 fully saturated rings. The molecule has 7 nitrogen and oxygen atoms in total. The number of amides is 1. The first kappa shape index (κ1) is 10.5. The zero-order valence-electron chi connectivity index (χ0n) is 9.02. The molecule has 0 spiro atoms. The van der Waals surface area contributed by atoms with Gasteiger partial charge in [-0.1, -0.05) is 0 Å². The molecule has 1 N–H and O–H groups in total. The molecule has 84 valence electrons. The van der Waals surface area contributed by atoms with Crippen molar-refractivity contribution in [2.75, 3.05) is 5.01 Å². The van der Waals surface area contributed by atoms with Crippen molar-refractivity contribution in [2.45, 2.75) is 26.7 Å². The lowest BCUT2D eigenvalue weighted by molar-refractivity contribution is -0.118. The summed E-state index contributed by atoms with van der Waals surface area (Å²) in [6, 6.07) is 0. The Morgan fingerprint density at radius 2 is 1.94 bits per heavy atom. The van der Waals surface area contributed by atoms with E-state index in [-0.39, 0.29) is 23.1 Å². The van der Waals surface area contributed by atoms with Gasteiger partial charge in [-0.15, -0.1) is 10.2 Å². The fraction of sp³-hybridized carbons (Fsp3) is 0.444. The van der Waals surface area contributed by atoms with Crippen molar-refractivity contribution in [3.8, 4) is 0 Å². The van der Waals surface area contributed by atoms with E-state index in [4.69, 9.17) is 0 Å². The Kier molecular flexibility index (Phi) is 2.51. The number of rotatable bonds is 1. The van der Waals surface area contributed by atoms with Gasteiger partial charge in [0.25, 0.3) is 11.5 Å². The van der Waals surface area contributed by atoms with E-state index in [2.05, 4.69) is 20.3 Å². The van der Waals surface area contributed by atoms with Gasteiger partial charge in [0.2, 0.25) is 5.91 Å². The number of aromatic nitrogens is 3. The molecule has 1 aromatic heterocycles. The van der Waals surface area contributed by atoms with Gasteiger partial charge < -0.3 is 0 Å². The van der Waals surface area contributed by atoms with Crippen LogP contribution in [0, 0.1) is 6.92 Å². The van der Waals surface area contributed by atoms with Gasteiger partial charge in [0.15, 0.2) is 0 Å². The molecular formula is C9H11N5O2. The topological polar surface area (TPSA) is 91.3 Å². The molecule has 0 saturated heterocycles. The Morgan fingerprint density at radius 3 is 2.62 bits per heavy atom. The molecule has 7 heteroatoms. The van der Waals surface area contributed by atoms with Crippen LogP contribution in [0.4, 0.5) is 5.95 Å². The zero-order valence-corrected chi connectivity index (χ0v) is 9.02. The van der Waals surface area contributed by atoms with E-state index in [1.165, 1.54) is 0 Å². The summed E-state index contributed by atoms with van der Waals surface area (Å²) < 4.78 is 0. The summed E-state index contributed by atoms with van der Waals surface area (Å²) in [5.41, 5.74) is 0.716. The van der Waals surface area contributed by atoms with Crippen molar-refractivity contribution in [2.24, 2.45) is 5.10 Å². The molecule has 2 heterocycles. The maximum atomic E-state index is 11.6. The van der Waals surface area contributed by atoms with Gasteiger partial charge in [-0.05, 0) is 20.3 Å². The van der Waals surface area contributed by atoms with Crippen LogP contribution in [0.1, 0.15) is 25.5 Å². The van der Waals surface area contributed by atoms with Gasteiger partial charge >= 0.3 is 0 Å². The Morgan fingerprint density at radius 1 is 1.19 bits per heavy atom. The van der Waals surface area contributed by atoms with Crippen LogP contribution < -0.4 is 10.6 Å². The van der Waals surface area contributed by atoms with Crippen molar-refractivity contribution in [1.82, 2.24) is 15.2 Å². The van der Waals surface area contributed by atoms with E-state index in [1.54, 1.807) is 6.92 Å². The highest BCUT2D eigenvalue weighted by Crippen LogP contribution is 2.13. The molecular weight excluding hydrogens is 210 g/mol. The van der Waals surface area contributed by atoms with Gasteiger partial charge in [-0.3, -0.25) is 14.6 Å². The normalized spacial score (nSPS) is 16.2. The number of aromatic amines is 1. The van der Waals surface area contributed by atoms with Gasteiger partial charge in [0, 0.05) is 12.1 Å². The molecule has 0 aromatic carbocycles. The quantitative estimate of drug-likeness (QED) is 0.721. The molecule has 16 heavy (non-hydrogen) atoms. The number of nitrogens with one attached hydrogen (secondary N) is 1. The second-order valence-corrected chi connectivity index (χ2v) is 3.60. The minimum Gasteiger partial charge on any atom is -0.288 e.